The highest BCUT2D eigenvalue weighted by molar-refractivity contribution is 5.94. The van der Waals surface area contributed by atoms with Crippen LogP contribution >= 0.6 is 0 Å². The number of H-pyrrole nitrogens is 1. The largest absolute Gasteiger partial charge is 0.496 e. The number of aromatic nitrogens is 1. The number of para-hydroxylation sites is 1. The van der Waals surface area contributed by atoms with Gasteiger partial charge in [0.2, 0.25) is 0 Å². The van der Waals surface area contributed by atoms with Crippen molar-refractivity contribution in [3.8, 4) is 23.1 Å². The normalized spacial score (nSPS) is 10.4. The Bertz CT molecular complexity index is 830. The van der Waals surface area contributed by atoms with Crippen molar-refractivity contribution >= 4 is 10.9 Å². The predicted molar refractivity (Wildman–Crippen MR) is 75.0 cm³/mol. The summed E-state index contributed by atoms with van der Waals surface area (Å²) in [4.78, 5) is 3.16. The number of nitrogens with zero attached hydrogens (tertiary/aromatic N) is 1. The van der Waals surface area contributed by atoms with Crippen LogP contribution < -0.4 is 4.74 Å². The molecule has 1 N–H and O–H groups in total. The number of hydrogen-bond donors (Lipinski definition) is 1. The van der Waals surface area contributed by atoms with Crippen LogP contribution in [0.2, 0.25) is 0 Å². The fourth-order valence-electron chi connectivity index (χ4n) is 2.33. The third-order valence-electron chi connectivity index (χ3n) is 3.25. The summed E-state index contributed by atoms with van der Waals surface area (Å²) in [5.74, 6) is 0.301. The molecule has 0 spiro atoms. The molecule has 20 heavy (non-hydrogen) atoms. The average molecular weight is 266 g/mol. The minimum atomic E-state index is -0.362. The van der Waals surface area contributed by atoms with Crippen LogP contribution in [-0.4, -0.2) is 12.1 Å². The van der Waals surface area contributed by atoms with E-state index in [9.17, 15) is 9.65 Å². The molecule has 1 aromatic heterocycles. The predicted octanol–water partition coefficient (Wildman–Crippen LogP) is 3.85. The summed E-state index contributed by atoms with van der Waals surface area (Å²) in [5, 5.41) is 9.97. The molecule has 0 unspecified atom stereocenters. The van der Waals surface area contributed by atoms with Crippen molar-refractivity contribution in [3.05, 3.63) is 53.8 Å². The molecule has 0 saturated heterocycles. The van der Waals surface area contributed by atoms with E-state index >= 15 is 0 Å². The first-order valence-electron chi connectivity index (χ1n) is 6.09. The van der Waals surface area contributed by atoms with Gasteiger partial charge in [0, 0.05) is 16.5 Å². The van der Waals surface area contributed by atoms with E-state index in [4.69, 9.17) is 4.74 Å². The molecule has 3 aromatic rings. The van der Waals surface area contributed by atoms with Gasteiger partial charge >= 0.3 is 0 Å². The molecular formula is C16H11FN2O. The molecule has 0 atom stereocenters. The van der Waals surface area contributed by atoms with E-state index < -0.39 is 0 Å². The smallest absolute Gasteiger partial charge is 0.128 e. The van der Waals surface area contributed by atoms with Crippen molar-refractivity contribution in [3.63, 3.8) is 0 Å². The molecule has 0 bridgehead atoms. The number of rotatable bonds is 2. The van der Waals surface area contributed by atoms with Gasteiger partial charge in [-0.1, -0.05) is 12.1 Å². The number of ether oxygens (including phenoxy) is 1. The average Bonchev–Trinajstić information content (AvgIpc) is 2.84. The van der Waals surface area contributed by atoms with Gasteiger partial charge in [-0.2, -0.15) is 5.26 Å². The number of methoxy groups -OCH3 is 1. The summed E-state index contributed by atoms with van der Waals surface area (Å²) >= 11 is 0. The molecule has 2 aromatic carbocycles. The summed E-state index contributed by atoms with van der Waals surface area (Å²) in [6, 6.07) is 13.9. The molecule has 0 saturated carbocycles. The number of hydrogen-bond acceptors (Lipinski definition) is 2. The quantitative estimate of drug-likeness (QED) is 0.765. The Morgan fingerprint density at radius 2 is 2.00 bits per heavy atom. The lowest BCUT2D eigenvalue weighted by Gasteiger charge is -2.06. The zero-order valence-corrected chi connectivity index (χ0v) is 10.8. The number of benzene rings is 2. The summed E-state index contributed by atoms with van der Waals surface area (Å²) in [5.41, 5.74) is 2.57. The highest BCUT2D eigenvalue weighted by atomic mass is 19.1. The van der Waals surface area contributed by atoms with Gasteiger partial charge in [0.15, 0.2) is 0 Å². The van der Waals surface area contributed by atoms with E-state index in [0.717, 1.165) is 11.1 Å². The van der Waals surface area contributed by atoms with Gasteiger partial charge in [0.25, 0.3) is 0 Å². The maximum Gasteiger partial charge on any atom is 0.128 e. The Morgan fingerprint density at radius 1 is 1.20 bits per heavy atom. The van der Waals surface area contributed by atoms with Crippen molar-refractivity contribution in [2.75, 3.05) is 7.11 Å². The number of nitrogens with one attached hydrogen (secondary N) is 1. The van der Waals surface area contributed by atoms with E-state index in [-0.39, 0.29) is 5.82 Å². The maximum atomic E-state index is 13.4. The SMILES string of the molecule is COc1ccccc1-c1[nH]c2ccc(F)cc2c1C#N. The number of aromatic amines is 1. The number of nitriles is 1. The lowest BCUT2D eigenvalue weighted by atomic mass is 10.1. The van der Waals surface area contributed by atoms with Crippen molar-refractivity contribution in [1.82, 2.24) is 4.98 Å². The third kappa shape index (κ3) is 1.81. The Hall–Kier alpha value is -2.80. The van der Waals surface area contributed by atoms with Crippen LogP contribution in [0.15, 0.2) is 42.5 Å². The summed E-state index contributed by atoms with van der Waals surface area (Å²) in [7, 11) is 1.58. The van der Waals surface area contributed by atoms with Gasteiger partial charge in [-0.25, -0.2) is 4.39 Å². The van der Waals surface area contributed by atoms with Gasteiger partial charge in [-0.05, 0) is 30.3 Å². The number of halogens is 1. The third-order valence-corrected chi connectivity index (χ3v) is 3.25. The van der Waals surface area contributed by atoms with Crippen LogP contribution in [0.1, 0.15) is 5.56 Å². The van der Waals surface area contributed by atoms with Crippen LogP contribution in [-0.2, 0) is 0 Å². The van der Waals surface area contributed by atoms with E-state index in [1.54, 1.807) is 13.2 Å². The maximum absolute atomic E-state index is 13.4. The Balaban J connectivity index is 2.34. The van der Waals surface area contributed by atoms with Gasteiger partial charge in [-0.3, -0.25) is 0 Å². The molecule has 0 aliphatic rings. The van der Waals surface area contributed by atoms with Crippen molar-refractivity contribution in [2.45, 2.75) is 0 Å². The van der Waals surface area contributed by atoms with Gasteiger partial charge < -0.3 is 9.72 Å². The number of fused-ring (bicyclic) bond motifs is 1. The van der Waals surface area contributed by atoms with Crippen LogP contribution in [0.4, 0.5) is 4.39 Å². The zero-order valence-electron chi connectivity index (χ0n) is 10.8. The molecule has 0 radical (unpaired) electrons. The van der Waals surface area contributed by atoms with Crippen LogP contribution in [0.3, 0.4) is 0 Å². The lowest BCUT2D eigenvalue weighted by molar-refractivity contribution is 0.416. The molecule has 0 aliphatic heterocycles. The Labute approximate surface area is 115 Å². The molecular weight excluding hydrogens is 255 g/mol. The summed E-state index contributed by atoms with van der Waals surface area (Å²) in [6.45, 7) is 0. The van der Waals surface area contributed by atoms with Crippen molar-refractivity contribution in [2.24, 2.45) is 0 Å². The van der Waals surface area contributed by atoms with Crippen molar-refractivity contribution in [1.29, 1.82) is 5.26 Å². The van der Waals surface area contributed by atoms with E-state index in [1.165, 1.54) is 12.1 Å². The second kappa shape index (κ2) is 4.71. The fourth-order valence-corrected chi connectivity index (χ4v) is 2.33. The molecule has 3 rings (SSSR count). The van der Waals surface area contributed by atoms with Gasteiger partial charge in [0.1, 0.15) is 17.6 Å². The Kier molecular flexibility index (Phi) is 2.88. The minimum absolute atomic E-state index is 0.362. The lowest BCUT2D eigenvalue weighted by Crippen LogP contribution is -1.89. The first-order valence-corrected chi connectivity index (χ1v) is 6.09. The van der Waals surface area contributed by atoms with Crippen LogP contribution in [0.5, 0.6) is 5.75 Å². The molecule has 1 heterocycles. The second-order valence-corrected chi connectivity index (χ2v) is 4.38. The minimum Gasteiger partial charge on any atom is -0.496 e. The molecule has 3 nitrogen and oxygen atoms in total. The highest BCUT2D eigenvalue weighted by Crippen LogP contribution is 2.35. The van der Waals surface area contributed by atoms with Crippen LogP contribution in [0, 0.1) is 17.1 Å². The van der Waals surface area contributed by atoms with Crippen LogP contribution in [0.25, 0.3) is 22.2 Å². The monoisotopic (exact) mass is 266 g/mol. The summed E-state index contributed by atoms with van der Waals surface area (Å²) in [6.07, 6.45) is 0. The zero-order chi connectivity index (χ0) is 14.1. The molecule has 0 amide bonds. The van der Waals surface area contributed by atoms with E-state index in [2.05, 4.69) is 11.1 Å². The van der Waals surface area contributed by atoms with Gasteiger partial charge in [0.05, 0.1) is 18.4 Å². The standard InChI is InChI=1S/C16H11FN2O/c1-20-15-5-3-2-4-11(15)16-13(9-18)12-8-10(17)6-7-14(12)19-16/h2-8,19H,1H3. The molecule has 0 fully saturated rings. The van der Waals surface area contributed by atoms with E-state index in [1.807, 2.05) is 24.3 Å². The molecule has 4 heteroatoms. The topological polar surface area (TPSA) is 48.8 Å². The Morgan fingerprint density at radius 3 is 2.75 bits per heavy atom. The molecule has 98 valence electrons. The molecule has 0 aliphatic carbocycles. The first-order chi connectivity index (χ1) is 9.74. The highest BCUT2D eigenvalue weighted by Gasteiger charge is 2.16. The summed E-state index contributed by atoms with van der Waals surface area (Å²) < 4.78 is 18.7. The van der Waals surface area contributed by atoms with E-state index in [0.29, 0.717) is 22.4 Å². The van der Waals surface area contributed by atoms with Crippen molar-refractivity contribution < 1.29 is 9.13 Å². The van der Waals surface area contributed by atoms with Gasteiger partial charge in [-0.15, -0.1) is 0 Å². The fraction of sp³-hybridized carbons (Fsp3) is 0.0625. The first kappa shape index (κ1) is 12.2. The second-order valence-electron chi connectivity index (χ2n) is 4.38.